The Bertz CT molecular complexity index is 1030. The first-order valence-electron chi connectivity index (χ1n) is 8.81. The molecule has 1 heterocycles. The molecule has 0 aliphatic carbocycles. The minimum absolute atomic E-state index is 0.276. The lowest BCUT2D eigenvalue weighted by atomic mass is 9.87. The van der Waals surface area contributed by atoms with Crippen LogP contribution in [-0.4, -0.2) is 16.8 Å². The summed E-state index contributed by atoms with van der Waals surface area (Å²) in [5.74, 6) is -0.834. The van der Waals surface area contributed by atoms with E-state index in [1.54, 1.807) is 24.3 Å². The number of carbonyl (C=O) groups is 2. The third kappa shape index (κ3) is 3.04. The molecule has 0 unspecified atom stereocenters. The molecule has 0 saturated carbocycles. The van der Waals surface area contributed by atoms with Crippen molar-refractivity contribution in [3.8, 4) is 11.1 Å². The number of ketones is 1. The van der Waals surface area contributed by atoms with E-state index in [1.165, 1.54) is 0 Å². The van der Waals surface area contributed by atoms with Gasteiger partial charge in [-0.15, -0.1) is 0 Å². The van der Waals surface area contributed by atoms with Crippen molar-refractivity contribution >= 4 is 17.4 Å². The second kappa shape index (κ2) is 6.49. The number of benzene rings is 3. The zero-order chi connectivity index (χ0) is 19.0. The van der Waals surface area contributed by atoms with E-state index in [2.05, 4.69) is 5.32 Å². The first-order chi connectivity index (χ1) is 13.0. The van der Waals surface area contributed by atoms with Gasteiger partial charge in [-0.3, -0.25) is 9.59 Å². The summed E-state index contributed by atoms with van der Waals surface area (Å²) in [5.41, 5.74) is 2.64. The lowest BCUT2D eigenvalue weighted by Crippen LogP contribution is -2.36. The second-order valence-electron chi connectivity index (χ2n) is 6.91. The number of anilines is 1. The molecule has 1 aliphatic heterocycles. The van der Waals surface area contributed by atoms with Gasteiger partial charge in [-0.05, 0) is 24.1 Å². The fourth-order valence-corrected chi connectivity index (χ4v) is 3.45. The van der Waals surface area contributed by atoms with Gasteiger partial charge in [-0.1, -0.05) is 72.3 Å². The Labute approximate surface area is 157 Å². The number of nitrogens with one attached hydrogen (secondary N) is 1. The van der Waals surface area contributed by atoms with Crippen molar-refractivity contribution in [2.45, 2.75) is 18.9 Å². The molecule has 1 amide bonds. The van der Waals surface area contributed by atoms with Crippen molar-refractivity contribution in [1.29, 1.82) is 0 Å². The summed E-state index contributed by atoms with van der Waals surface area (Å²) in [6, 6.07) is 22.4. The maximum Gasteiger partial charge on any atom is 0.261 e. The Balaban J connectivity index is 1.59. The van der Waals surface area contributed by atoms with E-state index in [1.807, 2.05) is 55.5 Å². The minimum Gasteiger partial charge on any atom is -0.375 e. The predicted octanol–water partition coefficient (Wildman–Crippen LogP) is 4.07. The molecule has 0 bridgehead atoms. The maximum atomic E-state index is 12.8. The Morgan fingerprint density at radius 1 is 0.963 bits per heavy atom. The van der Waals surface area contributed by atoms with Gasteiger partial charge in [0.05, 0.1) is 6.42 Å². The highest BCUT2D eigenvalue weighted by atomic mass is 16.3. The number of Topliss-reactive ketones (excluding diaryl/α,β-unsaturated/α-hetero) is 1. The Morgan fingerprint density at radius 2 is 1.63 bits per heavy atom. The van der Waals surface area contributed by atoms with Gasteiger partial charge in [0.15, 0.2) is 11.4 Å². The summed E-state index contributed by atoms with van der Waals surface area (Å²) >= 11 is 0. The molecule has 3 aromatic rings. The molecule has 4 nitrogen and oxygen atoms in total. The van der Waals surface area contributed by atoms with Crippen molar-refractivity contribution < 1.29 is 14.7 Å². The molecule has 0 fully saturated rings. The largest absolute Gasteiger partial charge is 0.375 e. The first kappa shape index (κ1) is 17.2. The zero-order valence-corrected chi connectivity index (χ0v) is 14.9. The number of fused-ring (bicyclic) bond motifs is 1. The smallest absolute Gasteiger partial charge is 0.261 e. The lowest BCUT2D eigenvalue weighted by Gasteiger charge is -2.20. The van der Waals surface area contributed by atoms with Gasteiger partial charge < -0.3 is 10.4 Å². The molecule has 1 atom stereocenters. The van der Waals surface area contributed by atoms with E-state index >= 15 is 0 Å². The molecule has 3 aromatic carbocycles. The minimum atomic E-state index is -1.84. The van der Waals surface area contributed by atoms with Crippen molar-refractivity contribution in [2.75, 3.05) is 5.32 Å². The molecule has 1 aliphatic rings. The number of hydrogen-bond acceptors (Lipinski definition) is 3. The Kier molecular flexibility index (Phi) is 4.13. The summed E-state index contributed by atoms with van der Waals surface area (Å²) in [5, 5.41) is 13.6. The van der Waals surface area contributed by atoms with Crippen molar-refractivity contribution in [3.05, 3.63) is 89.5 Å². The number of carbonyl (C=O) groups excluding carboxylic acids is 2. The average molecular weight is 357 g/mol. The summed E-state index contributed by atoms with van der Waals surface area (Å²) < 4.78 is 0. The number of rotatable bonds is 4. The van der Waals surface area contributed by atoms with Crippen LogP contribution in [0, 0.1) is 6.92 Å². The number of hydrogen-bond donors (Lipinski definition) is 2. The van der Waals surface area contributed by atoms with E-state index in [-0.39, 0.29) is 12.2 Å². The fraction of sp³-hybridized carbons (Fsp3) is 0.130. The quantitative estimate of drug-likeness (QED) is 0.692. The van der Waals surface area contributed by atoms with Gasteiger partial charge >= 0.3 is 0 Å². The van der Waals surface area contributed by atoms with Crippen LogP contribution in [0.4, 0.5) is 5.69 Å². The maximum absolute atomic E-state index is 12.8. The van der Waals surface area contributed by atoms with Crippen molar-refractivity contribution in [2.24, 2.45) is 0 Å². The van der Waals surface area contributed by atoms with Crippen molar-refractivity contribution in [1.82, 2.24) is 0 Å². The third-order valence-corrected chi connectivity index (χ3v) is 4.97. The molecule has 0 spiro atoms. The van der Waals surface area contributed by atoms with Gasteiger partial charge in [0.2, 0.25) is 0 Å². The SMILES string of the molecule is Cc1ccc2c(c1)[C@@](O)(CC(=O)c1ccc(-c3ccccc3)cc1)C(=O)N2. The molecule has 4 rings (SSSR count). The molecule has 2 N–H and O–H groups in total. The van der Waals surface area contributed by atoms with Gasteiger partial charge in [0, 0.05) is 16.8 Å². The number of amides is 1. The van der Waals surface area contributed by atoms with Crippen LogP contribution in [0.25, 0.3) is 11.1 Å². The van der Waals surface area contributed by atoms with E-state index in [9.17, 15) is 14.7 Å². The normalized spacial score (nSPS) is 18.1. The summed E-state index contributed by atoms with van der Waals surface area (Å²) in [7, 11) is 0. The van der Waals surface area contributed by atoms with Crippen LogP contribution < -0.4 is 5.32 Å². The van der Waals surface area contributed by atoms with E-state index in [0.717, 1.165) is 16.7 Å². The van der Waals surface area contributed by atoms with Crippen LogP contribution in [0.15, 0.2) is 72.8 Å². The molecule has 4 heteroatoms. The van der Waals surface area contributed by atoms with Crippen molar-refractivity contribution in [3.63, 3.8) is 0 Å². The third-order valence-electron chi connectivity index (χ3n) is 4.97. The Morgan fingerprint density at radius 3 is 2.33 bits per heavy atom. The van der Waals surface area contributed by atoms with E-state index < -0.39 is 11.5 Å². The zero-order valence-electron chi connectivity index (χ0n) is 14.9. The molecule has 134 valence electrons. The molecular weight excluding hydrogens is 338 g/mol. The van der Waals surface area contributed by atoms with Crippen LogP contribution in [0.5, 0.6) is 0 Å². The second-order valence-corrected chi connectivity index (χ2v) is 6.91. The summed E-state index contributed by atoms with van der Waals surface area (Å²) in [6.07, 6.45) is -0.292. The van der Waals surface area contributed by atoms with Gasteiger partial charge in [0.25, 0.3) is 5.91 Å². The van der Waals surface area contributed by atoms with Crippen LogP contribution in [-0.2, 0) is 10.4 Å². The van der Waals surface area contributed by atoms with Crippen LogP contribution in [0.3, 0.4) is 0 Å². The predicted molar refractivity (Wildman–Crippen MR) is 105 cm³/mol. The van der Waals surface area contributed by atoms with Crippen LogP contribution in [0.1, 0.15) is 27.9 Å². The topological polar surface area (TPSA) is 66.4 Å². The number of aliphatic hydroxyl groups is 1. The molecule has 27 heavy (non-hydrogen) atoms. The van der Waals surface area contributed by atoms with Gasteiger partial charge in [-0.25, -0.2) is 0 Å². The molecule has 0 aromatic heterocycles. The summed E-state index contributed by atoms with van der Waals surface area (Å²) in [4.78, 5) is 25.1. The fourth-order valence-electron chi connectivity index (χ4n) is 3.45. The van der Waals surface area contributed by atoms with E-state index in [0.29, 0.717) is 16.8 Å². The highest BCUT2D eigenvalue weighted by molar-refractivity contribution is 6.09. The molecule has 0 radical (unpaired) electrons. The number of aryl methyl sites for hydroxylation is 1. The molecule has 0 saturated heterocycles. The highest BCUT2D eigenvalue weighted by Crippen LogP contribution is 2.39. The van der Waals surface area contributed by atoms with Gasteiger partial charge in [-0.2, -0.15) is 0 Å². The highest BCUT2D eigenvalue weighted by Gasteiger charge is 2.46. The Hall–Kier alpha value is -3.24. The molecular formula is C23H19NO3. The first-order valence-corrected chi connectivity index (χ1v) is 8.81. The van der Waals surface area contributed by atoms with Gasteiger partial charge in [0.1, 0.15) is 0 Å². The van der Waals surface area contributed by atoms with Crippen LogP contribution >= 0.6 is 0 Å². The summed E-state index contributed by atoms with van der Waals surface area (Å²) in [6.45, 7) is 1.88. The lowest BCUT2D eigenvalue weighted by molar-refractivity contribution is -0.133. The monoisotopic (exact) mass is 357 g/mol. The van der Waals surface area contributed by atoms with Crippen LogP contribution in [0.2, 0.25) is 0 Å². The standard InChI is InChI=1S/C23H19NO3/c1-15-7-12-20-19(13-15)23(27,22(26)24-20)14-21(25)18-10-8-17(9-11-18)16-5-3-2-4-6-16/h2-13,27H,14H2,1H3,(H,24,26)/t23-/m0/s1. The van der Waals surface area contributed by atoms with E-state index in [4.69, 9.17) is 0 Å². The average Bonchev–Trinajstić information content (AvgIpc) is 2.93.